The predicted octanol–water partition coefficient (Wildman–Crippen LogP) is 3.92. The first-order chi connectivity index (χ1) is 14.7. The third-order valence-electron chi connectivity index (χ3n) is 6.16. The highest BCUT2D eigenvalue weighted by Gasteiger charge is 2.25. The largest absolute Gasteiger partial charge is 0.496 e. The second kappa shape index (κ2) is 9.35. The standard InChI is InChI=1S/C25H31N3O2/c1-27-18-22(19-9-3-5-11-23(19)27)21(20-10-4-6-12-24(20)30-2)17-25(29)26-13-16-28-14-7-8-15-28/h3-6,9-12,18,21H,7-8,13-17H2,1-2H3,(H,26,29)/t21-/m1/s1. The van der Waals surface area contributed by atoms with Gasteiger partial charge in [0.1, 0.15) is 5.75 Å². The number of para-hydroxylation sites is 2. The summed E-state index contributed by atoms with van der Waals surface area (Å²) in [5.41, 5.74) is 3.38. The summed E-state index contributed by atoms with van der Waals surface area (Å²) in [4.78, 5) is 15.4. The van der Waals surface area contributed by atoms with Crippen molar-refractivity contribution in [3.63, 3.8) is 0 Å². The van der Waals surface area contributed by atoms with Crippen LogP contribution in [-0.2, 0) is 11.8 Å². The molecule has 1 aliphatic heterocycles. The van der Waals surface area contributed by atoms with Crippen LogP contribution in [0.5, 0.6) is 5.75 Å². The summed E-state index contributed by atoms with van der Waals surface area (Å²) in [6.07, 6.45) is 5.09. The second-order valence-electron chi connectivity index (χ2n) is 8.11. The van der Waals surface area contributed by atoms with Gasteiger partial charge in [0.15, 0.2) is 0 Å². The van der Waals surface area contributed by atoms with Gasteiger partial charge in [0.2, 0.25) is 5.91 Å². The van der Waals surface area contributed by atoms with E-state index in [9.17, 15) is 4.79 Å². The van der Waals surface area contributed by atoms with E-state index in [-0.39, 0.29) is 11.8 Å². The second-order valence-corrected chi connectivity index (χ2v) is 8.11. The van der Waals surface area contributed by atoms with E-state index >= 15 is 0 Å². The van der Waals surface area contributed by atoms with E-state index in [0.29, 0.717) is 13.0 Å². The molecule has 0 aliphatic carbocycles. The van der Waals surface area contributed by atoms with Crippen molar-refractivity contribution in [2.45, 2.75) is 25.2 Å². The van der Waals surface area contributed by atoms with Gasteiger partial charge >= 0.3 is 0 Å². The molecule has 1 aromatic heterocycles. The number of aryl methyl sites for hydroxylation is 1. The highest BCUT2D eigenvalue weighted by Crippen LogP contribution is 2.38. The van der Waals surface area contributed by atoms with E-state index in [1.807, 2.05) is 18.2 Å². The SMILES string of the molecule is COc1ccccc1[C@@H](CC(=O)NCCN1CCCC1)c1cn(C)c2ccccc12. The van der Waals surface area contributed by atoms with Gasteiger partial charge in [-0.2, -0.15) is 0 Å². The Hall–Kier alpha value is -2.79. The molecule has 0 bridgehead atoms. The van der Waals surface area contributed by atoms with Crippen LogP contribution in [-0.4, -0.2) is 48.7 Å². The molecule has 1 aliphatic rings. The Morgan fingerprint density at radius 1 is 1.07 bits per heavy atom. The minimum absolute atomic E-state index is 0.0703. The molecule has 1 fully saturated rings. The summed E-state index contributed by atoms with van der Waals surface area (Å²) in [6.45, 7) is 3.93. The fourth-order valence-electron chi connectivity index (χ4n) is 4.61. The van der Waals surface area contributed by atoms with Crippen LogP contribution in [0.25, 0.3) is 10.9 Å². The fraction of sp³-hybridized carbons (Fsp3) is 0.400. The van der Waals surface area contributed by atoms with E-state index in [4.69, 9.17) is 4.74 Å². The van der Waals surface area contributed by atoms with Crippen LogP contribution in [0, 0.1) is 0 Å². The van der Waals surface area contributed by atoms with Crippen LogP contribution in [0.4, 0.5) is 0 Å². The fourth-order valence-corrected chi connectivity index (χ4v) is 4.61. The number of aromatic nitrogens is 1. The minimum Gasteiger partial charge on any atom is -0.496 e. The number of nitrogens with one attached hydrogen (secondary N) is 1. The summed E-state index contributed by atoms with van der Waals surface area (Å²) < 4.78 is 7.79. The van der Waals surface area contributed by atoms with Crippen molar-refractivity contribution in [3.05, 3.63) is 65.9 Å². The number of hydrogen-bond donors (Lipinski definition) is 1. The lowest BCUT2D eigenvalue weighted by molar-refractivity contribution is -0.121. The van der Waals surface area contributed by atoms with Crippen LogP contribution in [0.1, 0.15) is 36.3 Å². The van der Waals surface area contributed by atoms with Crippen molar-refractivity contribution in [1.82, 2.24) is 14.8 Å². The van der Waals surface area contributed by atoms with Gasteiger partial charge in [-0.15, -0.1) is 0 Å². The Morgan fingerprint density at radius 3 is 2.60 bits per heavy atom. The Bertz CT molecular complexity index is 1000. The summed E-state index contributed by atoms with van der Waals surface area (Å²) >= 11 is 0. The average Bonchev–Trinajstić information content (AvgIpc) is 3.40. The average molecular weight is 406 g/mol. The van der Waals surface area contributed by atoms with Crippen molar-refractivity contribution in [3.8, 4) is 5.75 Å². The van der Waals surface area contributed by atoms with Gasteiger partial charge in [-0.25, -0.2) is 0 Å². The van der Waals surface area contributed by atoms with Gasteiger partial charge in [0.05, 0.1) is 7.11 Å². The van der Waals surface area contributed by atoms with Crippen molar-refractivity contribution in [2.24, 2.45) is 7.05 Å². The highest BCUT2D eigenvalue weighted by atomic mass is 16.5. The van der Waals surface area contributed by atoms with E-state index < -0.39 is 0 Å². The number of benzene rings is 2. The molecule has 0 spiro atoms. The number of ether oxygens (including phenoxy) is 1. The topological polar surface area (TPSA) is 46.5 Å². The number of rotatable bonds is 8. The smallest absolute Gasteiger partial charge is 0.220 e. The molecular formula is C25H31N3O2. The van der Waals surface area contributed by atoms with Crippen LogP contribution < -0.4 is 10.1 Å². The number of carbonyl (C=O) groups is 1. The Labute approximate surface area is 178 Å². The molecule has 2 aromatic carbocycles. The van der Waals surface area contributed by atoms with Crippen molar-refractivity contribution in [1.29, 1.82) is 0 Å². The molecule has 4 rings (SSSR count). The number of nitrogens with zero attached hydrogens (tertiary/aromatic N) is 2. The first kappa shape index (κ1) is 20.5. The third kappa shape index (κ3) is 4.36. The molecule has 1 saturated heterocycles. The molecule has 1 amide bonds. The van der Waals surface area contributed by atoms with E-state index in [1.54, 1.807) is 7.11 Å². The van der Waals surface area contributed by atoms with Crippen LogP contribution in [0.3, 0.4) is 0 Å². The van der Waals surface area contributed by atoms with Crippen molar-refractivity contribution < 1.29 is 9.53 Å². The first-order valence-electron chi connectivity index (χ1n) is 10.8. The molecular weight excluding hydrogens is 374 g/mol. The van der Waals surface area contributed by atoms with Gasteiger partial charge in [0, 0.05) is 55.1 Å². The zero-order chi connectivity index (χ0) is 20.9. The normalized spacial score (nSPS) is 15.4. The van der Waals surface area contributed by atoms with Crippen LogP contribution in [0.2, 0.25) is 0 Å². The molecule has 5 heteroatoms. The molecule has 1 N–H and O–H groups in total. The van der Waals surface area contributed by atoms with Gasteiger partial charge in [-0.05, 0) is 43.6 Å². The maximum atomic E-state index is 12.9. The lowest BCUT2D eigenvalue weighted by Gasteiger charge is -2.20. The molecule has 158 valence electrons. The summed E-state index contributed by atoms with van der Waals surface area (Å²) in [7, 11) is 3.75. The number of amides is 1. The molecule has 0 saturated carbocycles. The molecule has 5 nitrogen and oxygen atoms in total. The highest BCUT2D eigenvalue weighted by molar-refractivity contribution is 5.86. The molecule has 30 heavy (non-hydrogen) atoms. The van der Waals surface area contributed by atoms with Gasteiger partial charge in [0.25, 0.3) is 0 Å². The summed E-state index contributed by atoms with van der Waals surface area (Å²) in [6, 6.07) is 16.4. The number of fused-ring (bicyclic) bond motifs is 1. The molecule has 0 radical (unpaired) electrons. The number of likely N-dealkylation sites (tertiary alicyclic amines) is 1. The number of hydrogen-bond acceptors (Lipinski definition) is 3. The Kier molecular flexibility index (Phi) is 6.38. The van der Waals surface area contributed by atoms with Crippen LogP contribution >= 0.6 is 0 Å². The Balaban J connectivity index is 1.60. The lowest BCUT2D eigenvalue weighted by atomic mass is 9.87. The number of methoxy groups -OCH3 is 1. The first-order valence-corrected chi connectivity index (χ1v) is 10.8. The summed E-state index contributed by atoms with van der Waals surface area (Å²) in [5, 5.41) is 4.32. The molecule has 0 unspecified atom stereocenters. The Morgan fingerprint density at radius 2 is 1.80 bits per heavy atom. The zero-order valence-electron chi connectivity index (χ0n) is 17.9. The maximum absolute atomic E-state index is 12.9. The van der Waals surface area contributed by atoms with Crippen molar-refractivity contribution >= 4 is 16.8 Å². The maximum Gasteiger partial charge on any atom is 0.220 e. The third-order valence-corrected chi connectivity index (χ3v) is 6.16. The number of carbonyl (C=O) groups excluding carboxylic acids is 1. The quantitative estimate of drug-likeness (QED) is 0.618. The van der Waals surface area contributed by atoms with Crippen molar-refractivity contribution in [2.75, 3.05) is 33.3 Å². The van der Waals surface area contributed by atoms with Gasteiger partial charge < -0.3 is 19.5 Å². The van der Waals surface area contributed by atoms with Crippen LogP contribution in [0.15, 0.2) is 54.7 Å². The van der Waals surface area contributed by atoms with E-state index in [2.05, 4.69) is 58.4 Å². The lowest BCUT2D eigenvalue weighted by Crippen LogP contribution is -2.34. The molecule has 2 heterocycles. The van der Waals surface area contributed by atoms with E-state index in [0.717, 1.165) is 36.5 Å². The predicted molar refractivity (Wildman–Crippen MR) is 121 cm³/mol. The molecule has 3 aromatic rings. The van der Waals surface area contributed by atoms with Gasteiger partial charge in [-0.1, -0.05) is 36.4 Å². The van der Waals surface area contributed by atoms with E-state index in [1.165, 1.54) is 23.7 Å². The van der Waals surface area contributed by atoms with Gasteiger partial charge in [-0.3, -0.25) is 4.79 Å². The monoisotopic (exact) mass is 405 g/mol. The zero-order valence-corrected chi connectivity index (χ0v) is 17.9. The minimum atomic E-state index is -0.0703. The summed E-state index contributed by atoms with van der Waals surface area (Å²) in [5.74, 6) is 0.831. The molecule has 1 atom stereocenters.